The highest BCUT2D eigenvalue weighted by Crippen LogP contribution is 2.28. The van der Waals surface area contributed by atoms with E-state index < -0.39 is 0 Å². The van der Waals surface area contributed by atoms with Crippen LogP contribution in [0.15, 0.2) is 41.8 Å². The lowest BCUT2D eigenvalue weighted by molar-refractivity contribution is -0.119. The SMILES string of the molecule is CCN(C(=O)Cn1c(C(=O)NC2CCC(C)CC2)cc2ccsc21)c1cccc(C)c1. The van der Waals surface area contributed by atoms with Crippen LogP contribution in [0.25, 0.3) is 10.2 Å². The molecule has 1 aromatic carbocycles. The fraction of sp³-hybridized carbons (Fsp3) is 0.440. The Labute approximate surface area is 188 Å². The lowest BCUT2D eigenvalue weighted by Crippen LogP contribution is -2.39. The van der Waals surface area contributed by atoms with Crippen LogP contribution >= 0.6 is 11.3 Å². The zero-order valence-electron chi connectivity index (χ0n) is 18.6. The molecule has 164 valence electrons. The number of thiophene rings is 1. The van der Waals surface area contributed by atoms with Crippen LogP contribution in [0.3, 0.4) is 0 Å². The van der Waals surface area contributed by atoms with Gasteiger partial charge in [0.25, 0.3) is 5.91 Å². The van der Waals surface area contributed by atoms with Crippen molar-refractivity contribution in [3.63, 3.8) is 0 Å². The maximum Gasteiger partial charge on any atom is 0.268 e. The quantitative estimate of drug-likeness (QED) is 0.563. The number of rotatable bonds is 6. The minimum absolute atomic E-state index is 0.0143. The summed E-state index contributed by atoms with van der Waals surface area (Å²) in [5, 5.41) is 6.24. The molecule has 0 aliphatic heterocycles. The van der Waals surface area contributed by atoms with Crippen molar-refractivity contribution in [2.45, 2.75) is 59.0 Å². The van der Waals surface area contributed by atoms with Gasteiger partial charge in [0, 0.05) is 23.7 Å². The Bertz CT molecular complexity index is 1080. The summed E-state index contributed by atoms with van der Waals surface area (Å²) in [5.41, 5.74) is 2.59. The summed E-state index contributed by atoms with van der Waals surface area (Å²) in [7, 11) is 0. The number of nitrogens with one attached hydrogen (secondary N) is 1. The highest BCUT2D eigenvalue weighted by molar-refractivity contribution is 7.16. The van der Waals surface area contributed by atoms with E-state index in [4.69, 9.17) is 0 Å². The predicted octanol–water partition coefficient (Wildman–Crippen LogP) is 5.37. The zero-order chi connectivity index (χ0) is 22.0. The van der Waals surface area contributed by atoms with Gasteiger partial charge in [-0.2, -0.15) is 0 Å². The number of carbonyl (C=O) groups is 2. The number of aromatic nitrogens is 1. The first-order valence-electron chi connectivity index (χ1n) is 11.2. The Morgan fingerprint density at radius 2 is 1.94 bits per heavy atom. The zero-order valence-corrected chi connectivity index (χ0v) is 19.4. The standard InChI is InChI=1S/C25H31N3O2S/c1-4-27(21-7-5-6-18(3)14-21)23(29)16-28-22(15-19-12-13-31-25(19)28)24(30)26-20-10-8-17(2)9-11-20/h5-7,12-15,17,20H,4,8-11,16H2,1-3H3,(H,26,30). The lowest BCUT2D eigenvalue weighted by atomic mass is 9.87. The average molecular weight is 438 g/mol. The monoisotopic (exact) mass is 437 g/mol. The molecule has 0 spiro atoms. The highest BCUT2D eigenvalue weighted by atomic mass is 32.1. The van der Waals surface area contributed by atoms with Crippen molar-refractivity contribution in [1.82, 2.24) is 9.88 Å². The van der Waals surface area contributed by atoms with E-state index in [1.807, 2.05) is 60.2 Å². The highest BCUT2D eigenvalue weighted by Gasteiger charge is 2.25. The van der Waals surface area contributed by atoms with Gasteiger partial charge in [-0.15, -0.1) is 11.3 Å². The largest absolute Gasteiger partial charge is 0.348 e. The summed E-state index contributed by atoms with van der Waals surface area (Å²) in [5.74, 6) is 0.649. The van der Waals surface area contributed by atoms with Gasteiger partial charge in [0.15, 0.2) is 0 Å². The molecule has 2 heterocycles. The second-order valence-corrected chi connectivity index (χ2v) is 9.60. The van der Waals surface area contributed by atoms with Crippen LogP contribution in [-0.2, 0) is 11.3 Å². The topological polar surface area (TPSA) is 54.3 Å². The van der Waals surface area contributed by atoms with Gasteiger partial charge in [-0.25, -0.2) is 0 Å². The van der Waals surface area contributed by atoms with Gasteiger partial charge in [-0.1, -0.05) is 19.1 Å². The number of amides is 2. The molecule has 0 bridgehead atoms. The van der Waals surface area contributed by atoms with Crippen molar-refractivity contribution in [1.29, 1.82) is 0 Å². The second-order valence-electron chi connectivity index (χ2n) is 8.70. The Hall–Kier alpha value is -2.60. The van der Waals surface area contributed by atoms with Crippen molar-refractivity contribution < 1.29 is 9.59 Å². The Morgan fingerprint density at radius 1 is 1.16 bits per heavy atom. The Morgan fingerprint density at radius 3 is 2.65 bits per heavy atom. The van der Waals surface area contributed by atoms with Crippen LogP contribution in [0, 0.1) is 12.8 Å². The summed E-state index contributed by atoms with van der Waals surface area (Å²) in [6, 6.07) is 12.1. The molecule has 1 aliphatic rings. The van der Waals surface area contributed by atoms with E-state index in [1.165, 1.54) is 0 Å². The van der Waals surface area contributed by atoms with E-state index in [2.05, 4.69) is 12.2 Å². The van der Waals surface area contributed by atoms with Gasteiger partial charge < -0.3 is 14.8 Å². The number of hydrogen-bond donors (Lipinski definition) is 1. The molecule has 2 aromatic heterocycles. The van der Waals surface area contributed by atoms with Gasteiger partial charge in [-0.05, 0) is 80.7 Å². The van der Waals surface area contributed by atoms with E-state index in [0.717, 1.165) is 53.1 Å². The molecule has 0 atom stereocenters. The van der Waals surface area contributed by atoms with Gasteiger partial charge in [-0.3, -0.25) is 9.59 Å². The van der Waals surface area contributed by atoms with E-state index >= 15 is 0 Å². The summed E-state index contributed by atoms with van der Waals surface area (Å²) in [6.45, 7) is 7.01. The first kappa shape index (κ1) is 21.6. The van der Waals surface area contributed by atoms with Crippen LogP contribution in [0.2, 0.25) is 0 Å². The van der Waals surface area contributed by atoms with E-state index in [0.29, 0.717) is 12.2 Å². The van der Waals surface area contributed by atoms with E-state index in [1.54, 1.807) is 16.2 Å². The number of hydrogen-bond acceptors (Lipinski definition) is 3. The number of anilines is 1. The smallest absolute Gasteiger partial charge is 0.268 e. The minimum Gasteiger partial charge on any atom is -0.348 e. The number of fused-ring (bicyclic) bond motifs is 1. The third-order valence-electron chi connectivity index (χ3n) is 6.31. The average Bonchev–Trinajstić information content (AvgIpc) is 3.33. The summed E-state index contributed by atoms with van der Waals surface area (Å²) < 4.78 is 1.89. The molecule has 1 N–H and O–H groups in total. The van der Waals surface area contributed by atoms with Crippen molar-refractivity contribution in [3.05, 3.63) is 53.0 Å². The predicted molar refractivity (Wildman–Crippen MR) is 128 cm³/mol. The molecule has 0 unspecified atom stereocenters. The number of aryl methyl sites for hydroxylation is 1. The Balaban J connectivity index is 1.57. The number of nitrogens with zero attached hydrogens (tertiary/aromatic N) is 2. The number of benzene rings is 1. The third-order valence-corrected chi connectivity index (χ3v) is 7.26. The van der Waals surface area contributed by atoms with Gasteiger partial charge in [0.2, 0.25) is 5.91 Å². The number of carbonyl (C=O) groups excluding carboxylic acids is 2. The van der Waals surface area contributed by atoms with E-state index in [-0.39, 0.29) is 24.4 Å². The molecular weight excluding hydrogens is 406 g/mol. The minimum atomic E-state index is -0.0747. The van der Waals surface area contributed by atoms with Crippen LogP contribution in [0.5, 0.6) is 0 Å². The lowest BCUT2D eigenvalue weighted by Gasteiger charge is -2.27. The summed E-state index contributed by atoms with van der Waals surface area (Å²) in [4.78, 5) is 29.2. The van der Waals surface area contributed by atoms with E-state index in [9.17, 15) is 9.59 Å². The summed E-state index contributed by atoms with van der Waals surface area (Å²) in [6.07, 6.45) is 4.36. The normalized spacial score (nSPS) is 18.8. The molecule has 31 heavy (non-hydrogen) atoms. The fourth-order valence-electron chi connectivity index (χ4n) is 4.50. The van der Waals surface area contributed by atoms with Crippen molar-refractivity contribution in [2.24, 2.45) is 5.92 Å². The summed E-state index contributed by atoms with van der Waals surface area (Å²) >= 11 is 1.57. The molecule has 0 radical (unpaired) electrons. The Kier molecular flexibility index (Phi) is 6.46. The molecule has 1 fully saturated rings. The first-order valence-corrected chi connectivity index (χ1v) is 12.1. The first-order chi connectivity index (χ1) is 15.0. The molecule has 3 aromatic rings. The molecular formula is C25H31N3O2S. The van der Waals surface area contributed by atoms with Crippen molar-refractivity contribution in [3.8, 4) is 0 Å². The number of likely N-dealkylation sites (N-methyl/N-ethyl adjacent to an activating group) is 1. The van der Waals surface area contributed by atoms with Crippen molar-refractivity contribution in [2.75, 3.05) is 11.4 Å². The van der Waals surface area contributed by atoms with Gasteiger partial charge in [0.1, 0.15) is 17.1 Å². The molecule has 1 aliphatic carbocycles. The van der Waals surface area contributed by atoms with Gasteiger partial charge >= 0.3 is 0 Å². The maximum atomic E-state index is 13.3. The van der Waals surface area contributed by atoms with Crippen molar-refractivity contribution >= 4 is 39.1 Å². The molecule has 0 saturated heterocycles. The maximum absolute atomic E-state index is 13.3. The third kappa shape index (κ3) is 4.69. The molecule has 1 saturated carbocycles. The molecule has 6 heteroatoms. The molecule has 4 rings (SSSR count). The van der Waals surface area contributed by atoms with Gasteiger partial charge in [0.05, 0.1) is 0 Å². The van der Waals surface area contributed by atoms with Crippen LogP contribution in [0.4, 0.5) is 5.69 Å². The molecule has 2 amide bonds. The fourth-order valence-corrected chi connectivity index (χ4v) is 5.40. The van der Waals surface area contributed by atoms with Crippen LogP contribution in [-0.4, -0.2) is 29.0 Å². The molecule has 5 nitrogen and oxygen atoms in total. The second kappa shape index (κ2) is 9.27. The van der Waals surface area contributed by atoms with Crippen LogP contribution in [0.1, 0.15) is 55.6 Å². The van der Waals surface area contributed by atoms with Crippen LogP contribution < -0.4 is 10.2 Å².